The van der Waals surface area contributed by atoms with E-state index in [1.807, 2.05) is 0 Å². The first-order valence-corrected chi connectivity index (χ1v) is 5.57. The number of halogens is 2. The zero-order valence-corrected chi connectivity index (χ0v) is 9.26. The largest absolute Gasteiger partial charge is 0.481 e. The first-order chi connectivity index (χ1) is 7.31. The average Bonchev–Trinajstić information content (AvgIpc) is 2.51. The van der Waals surface area contributed by atoms with Crippen molar-refractivity contribution in [3.63, 3.8) is 0 Å². The summed E-state index contributed by atoms with van der Waals surface area (Å²) >= 11 is 0. The maximum absolute atomic E-state index is 13.1. The molecule has 3 nitrogen and oxygen atoms in total. The quantitative estimate of drug-likeness (QED) is 0.758. The minimum absolute atomic E-state index is 0.142. The highest BCUT2D eigenvalue weighted by molar-refractivity contribution is 5.76. The first-order valence-electron chi connectivity index (χ1n) is 5.57. The number of alkyl halides is 2. The Balaban J connectivity index is 2.23. The van der Waals surface area contributed by atoms with Crippen molar-refractivity contribution in [1.82, 2.24) is 0 Å². The molecule has 0 aromatic carbocycles. The van der Waals surface area contributed by atoms with Crippen molar-refractivity contribution >= 4 is 5.97 Å². The summed E-state index contributed by atoms with van der Waals surface area (Å²) in [6, 6.07) is 0. The molecule has 2 fully saturated rings. The lowest BCUT2D eigenvalue weighted by Crippen LogP contribution is -2.52. The third-order valence-electron chi connectivity index (χ3n) is 4.25. The van der Waals surface area contributed by atoms with Gasteiger partial charge in [0.2, 0.25) is 5.92 Å². The molecule has 2 aliphatic rings. The van der Waals surface area contributed by atoms with Gasteiger partial charge in [-0.05, 0) is 26.2 Å². The Labute approximate surface area is 92.8 Å². The molecule has 1 unspecified atom stereocenters. The number of carbonyl (C=O) groups is 1. The monoisotopic (exact) mass is 234 g/mol. The molecule has 1 heterocycles. The van der Waals surface area contributed by atoms with Gasteiger partial charge in [0.15, 0.2) is 0 Å². The molecule has 92 valence electrons. The third kappa shape index (κ3) is 1.52. The van der Waals surface area contributed by atoms with Crippen LogP contribution in [0.5, 0.6) is 0 Å². The molecular formula is C11H16F2O3. The van der Waals surface area contributed by atoms with Crippen molar-refractivity contribution in [2.75, 3.05) is 6.61 Å². The fraction of sp³-hybridized carbons (Fsp3) is 0.909. The molecule has 0 aromatic rings. The van der Waals surface area contributed by atoms with Crippen LogP contribution in [0.15, 0.2) is 0 Å². The fourth-order valence-electron chi connectivity index (χ4n) is 2.86. The number of aliphatic carboxylic acids is 1. The smallest absolute Gasteiger partial charge is 0.312 e. The second kappa shape index (κ2) is 3.39. The van der Waals surface area contributed by atoms with Crippen LogP contribution in [0.4, 0.5) is 8.78 Å². The standard InChI is InChI=1S/C11H16F2O3/c1-9(8(14)15)6-7-16-10(9)2-4-11(12,13)5-3-10/h2-7H2,1H3,(H,14,15). The van der Waals surface area contributed by atoms with Crippen LogP contribution in [0.1, 0.15) is 39.0 Å². The van der Waals surface area contributed by atoms with E-state index in [2.05, 4.69) is 0 Å². The molecule has 0 radical (unpaired) electrons. The van der Waals surface area contributed by atoms with E-state index in [9.17, 15) is 18.7 Å². The third-order valence-corrected chi connectivity index (χ3v) is 4.25. The predicted molar refractivity (Wildman–Crippen MR) is 52.5 cm³/mol. The average molecular weight is 234 g/mol. The van der Waals surface area contributed by atoms with Gasteiger partial charge in [-0.3, -0.25) is 4.79 Å². The molecule has 1 N–H and O–H groups in total. The second-order valence-corrected chi connectivity index (χ2v) is 5.09. The Bertz CT molecular complexity index is 306. The fourth-order valence-corrected chi connectivity index (χ4v) is 2.86. The van der Waals surface area contributed by atoms with E-state index in [1.165, 1.54) is 0 Å². The zero-order valence-electron chi connectivity index (χ0n) is 9.26. The lowest BCUT2D eigenvalue weighted by Gasteiger charge is -2.44. The van der Waals surface area contributed by atoms with E-state index in [0.717, 1.165) is 0 Å². The van der Waals surface area contributed by atoms with Crippen LogP contribution in [0.3, 0.4) is 0 Å². The summed E-state index contributed by atoms with van der Waals surface area (Å²) in [4.78, 5) is 11.3. The van der Waals surface area contributed by atoms with Gasteiger partial charge in [-0.1, -0.05) is 0 Å². The van der Waals surface area contributed by atoms with E-state index in [1.54, 1.807) is 6.92 Å². The van der Waals surface area contributed by atoms with Crippen LogP contribution in [0.2, 0.25) is 0 Å². The Morgan fingerprint density at radius 2 is 1.75 bits per heavy atom. The van der Waals surface area contributed by atoms with E-state index in [-0.39, 0.29) is 25.7 Å². The highest BCUT2D eigenvalue weighted by Crippen LogP contribution is 2.54. The molecule has 16 heavy (non-hydrogen) atoms. The second-order valence-electron chi connectivity index (χ2n) is 5.09. The van der Waals surface area contributed by atoms with E-state index in [0.29, 0.717) is 13.0 Å². The van der Waals surface area contributed by atoms with Gasteiger partial charge < -0.3 is 9.84 Å². The number of carboxylic acids is 1. The van der Waals surface area contributed by atoms with Gasteiger partial charge in [-0.2, -0.15) is 0 Å². The van der Waals surface area contributed by atoms with E-state index in [4.69, 9.17) is 4.74 Å². The summed E-state index contributed by atoms with van der Waals surface area (Å²) in [5.41, 5.74) is -1.88. The Morgan fingerprint density at radius 1 is 1.19 bits per heavy atom. The van der Waals surface area contributed by atoms with Gasteiger partial charge in [-0.15, -0.1) is 0 Å². The van der Waals surface area contributed by atoms with Gasteiger partial charge >= 0.3 is 5.97 Å². The maximum atomic E-state index is 13.1. The van der Waals surface area contributed by atoms with Crippen LogP contribution in [-0.2, 0) is 9.53 Å². The molecule has 1 atom stereocenters. The van der Waals surface area contributed by atoms with Gasteiger partial charge in [0.25, 0.3) is 0 Å². The molecule has 1 spiro atoms. The van der Waals surface area contributed by atoms with Crippen molar-refractivity contribution in [2.45, 2.75) is 50.6 Å². The number of hydrogen-bond acceptors (Lipinski definition) is 2. The number of ether oxygens (including phenoxy) is 1. The predicted octanol–water partition coefficient (Wildman–Crippen LogP) is 2.45. The topological polar surface area (TPSA) is 46.5 Å². The molecule has 1 aliphatic carbocycles. The Kier molecular flexibility index (Phi) is 2.49. The van der Waals surface area contributed by atoms with E-state index < -0.39 is 22.9 Å². The van der Waals surface area contributed by atoms with Gasteiger partial charge in [-0.25, -0.2) is 8.78 Å². The van der Waals surface area contributed by atoms with Crippen LogP contribution >= 0.6 is 0 Å². The van der Waals surface area contributed by atoms with Crippen molar-refractivity contribution < 1.29 is 23.4 Å². The summed E-state index contributed by atoms with van der Waals surface area (Å²) in [6.45, 7) is 1.97. The minimum atomic E-state index is -2.66. The molecule has 0 aromatic heterocycles. The normalized spacial score (nSPS) is 36.4. The van der Waals surface area contributed by atoms with Crippen LogP contribution < -0.4 is 0 Å². The summed E-state index contributed by atoms with van der Waals surface area (Å²) in [5, 5.41) is 9.25. The summed E-state index contributed by atoms with van der Waals surface area (Å²) in [7, 11) is 0. The van der Waals surface area contributed by atoms with Gasteiger partial charge in [0.05, 0.1) is 11.0 Å². The molecule has 5 heteroatoms. The van der Waals surface area contributed by atoms with Gasteiger partial charge in [0, 0.05) is 19.4 Å². The SMILES string of the molecule is CC1(C(=O)O)CCOC12CCC(F)(F)CC2. The van der Waals surface area contributed by atoms with Crippen LogP contribution in [-0.4, -0.2) is 29.2 Å². The highest BCUT2D eigenvalue weighted by Gasteiger charge is 2.60. The van der Waals surface area contributed by atoms with Crippen molar-refractivity contribution in [1.29, 1.82) is 0 Å². The number of hydrogen-bond donors (Lipinski definition) is 1. The lowest BCUT2D eigenvalue weighted by molar-refractivity contribution is -0.175. The number of carboxylic acid groups (broad SMARTS) is 1. The first kappa shape index (κ1) is 11.8. The summed E-state index contributed by atoms with van der Waals surface area (Å²) < 4.78 is 31.7. The molecule has 1 saturated carbocycles. The highest BCUT2D eigenvalue weighted by atomic mass is 19.3. The molecule has 2 rings (SSSR count). The zero-order chi connectivity index (χ0) is 12.0. The minimum Gasteiger partial charge on any atom is -0.481 e. The van der Waals surface area contributed by atoms with Gasteiger partial charge in [0.1, 0.15) is 0 Å². The molecule has 1 saturated heterocycles. The lowest BCUT2D eigenvalue weighted by atomic mass is 9.65. The maximum Gasteiger partial charge on any atom is 0.312 e. The van der Waals surface area contributed by atoms with Crippen molar-refractivity contribution in [2.24, 2.45) is 5.41 Å². The Morgan fingerprint density at radius 3 is 2.25 bits per heavy atom. The van der Waals surface area contributed by atoms with Crippen LogP contribution in [0.25, 0.3) is 0 Å². The van der Waals surface area contributed by atoms with Crippen molar-refractivity contribution in [3.05, 3.63) is 0 Å². The van der Waals surface area contributed by atoms with Crippen LogP contribution in [0, 0.1) is 5.41 Å². The summed E-state index contributed by atoms with van der Waals surface area (Å²) in [6.07, 6.45) is 0.158. The van der Waals surface area contributed by atoms with E-state index >= 15 is 0 Å². The Hall–Kier alpha value is -0.710. The molecule has 0 bridgehead atoms. The molecular weight excluding hydrogens is 218 g/mol. The van der Waals surface area contributed by atoms with Crippen molar-refractivity contribution in [3.8, 4) is 0 Å². The molecule has 0 amide bonds. The summed E-state index contributed by atoms with van der Waals surface area (Å²) in [5.74, 6) is -3.59. The number of rotatable bonds is 1. The molecule has 1 aliphatic heterocycles.